The first-order valence-corrected chi connectivity index (χ1v) is 5.14. The minimum atomic E-state index is -0.483. The lowest BCUT2D eigenvalue weighted by Gasteiger charge is -2.18. The van der Waals surface area contributed by atoms with Gasteiger partial charge in [-0.1, -0.05) is 20.8 Å². The van der Waals surface area contributed by atoms with Crippen LogP contribution in [-0.4, -0.2) is 24.2 Å². The Morgan fingerprint density at radius 1 is 1.54 bits per heavy atom. The highest BCUT2D eigenvalue weighted by Crippen LogP contribution is 2.16. The predicted octanol–water partition coefficient (Wildman–Crippen LogP) is 0.796. The van der Waals surface area contributed by atoms with Crippen molar-refractivity contribution in [1.82, 2.24) is 5.32 Å². The van der Waals surface area contributed by atoms with E-state index in [4.69, 9.17) is 5.73 Å². The molecule has 3 nitrogen and oxygen atoms in total. The van der Waals surface area contributed by atoms with E-state index in [1.165, 1.54) is 0 Å². The van der Waals surface area contributed by atoms with Crippen LogP contribution in [0, 0.1) is 5.41 Å². The average Bonchev–Trinajstić information content (AvgIpc) is 2.00. The predicted molar refractivity (Wildman–Crippen MR) is 58.9 cm³/mol. The van der Waals surface area contributed by atoms with Gasteiger partial charge in [0.2, 0.25) is 5.91 Å². The van der Waals surface area contributed by atoms with Crippen molar-refractivity contribution in [2.24, 2.45) is 11.1 Å². The van der Waals surface area contributed by atoms with Crippen LogP contribution >= 0.6 is 12.6 Å². The molecule has 1 atom stereocenters. The fourth-order valence-electron chi connectivity index (χ4n) is 0.775. The van der Waals surface area contributed by atoms with E-state index in [1.807, 2.05) is 0 Å². The van der Waals surface area contributed by atoms with Gasteiger partial charge < -0.3 is 11.1 Å². The third-order valence-electron chi connectivity index (χ3n) is 1.71. The first-order valence-electron chi connectivity index (χ1n) is 4.51. The highest BCUT2D eigenvalue weighted by atomic mass is 32.1. The molecule has 1 unspecified atom stereocenters. The van der Waals surface area contributed by atoms with E-state index in [2.05, 4.69) is 38.7 Å². The molecule has 0 saturated carbocycles. The molecular formula is C9H20N2OS. The molecule has 0 fully saturated rings. The fraction of sp³-hybridized carbons (Fsp3) is 0.889. The topological polar surface area (TPSA) is 55.1 Å². The van der Waals surface area contributed by atoms with Crippen molar-refractivity contribution in [3.05, 3.63) is 0 Å². The molecule has 0 bridgehead atoms. The Labute approximate surface area is 85.9 Å². The first kappa shape index (κ1) is 12.8. The van der Waals surface area contributed by atoms with Gasteiger partial charge in [0.15, 0.2) is 0 Å². The van der Waals surface area contributed by atoms with E-state index in [0.717, 1.165) is 6.42 Å². The lowest BCUT2D eigenvalue weighted by molar-refractivity contribution is -0.121. The number of hydrogen-bond donors (Lipinski definition) is 3. The molecule has 0 aromatic rings. The van der Waals surface area contributed by atoms with Crippen LogP contribution in [0.2, 0.25) is 0 Å². The summed E-state index contributed by atoms with van der Waals surface area (Å²) >= 11 is 3.95. The molecule has 0 aliphatic rings. The Morgan fingerprint density at radius 3 is 2.46 bits per heavy atom. The van der Waals surface area contributed by atoms with Crippen molar-refractivity contribution >= 4 is 18.5 Å². The Kier molecular flexibility index (Phi) is 5.40. The second kappa shape index (κ2) is 5.50. The Morgan fingerprint density at radius 2 is 2.08 bits per heavy atom. The molecule has 4 heteroatoms. The van der Waals surface area contributed by atoms with Crippen LogP contribution in [0.4, 0.5) is 0 Å². The molecule has 1 amide bonds. The summed E-state index contributed by atoms with van der Waals surface area (Å²) in [6.07, 6.45) is 0.956. The molecule has 0 heterocycles. The molecule has 78 valence electrons. The highest BCUT2D eigenvalue weighted by molar-refractivity contribution is 7.80. The van der Waals surface area contributed by atoms with Crippen molar-refractivity contribution in [3.63, 3.8) is 0 Å². The molecule has 0 saturated heterocycles. The standard InChI is InChI=1S/C9H20N2OS/c1-9(2,3)4-5-11-8(12)7(10)6-13/h7,13H,4-6,10H2,1-3H3,(H,11,12). The summed E-state index contributed by atoms with van der Waals surface area (Å²) in [5.74, 6) is 0.278. The molecule has 0 spiro atoms. The van der Waals surface area contributed by atoms with E-state index < -0.39 is 6.04 Å². The molecule has 3 N–H and O–H groups in total. The zero-order valence-electron chi connectivity index (χ0n) is 8.63. The van der Waals surface area contributed by atoms with Crippen LogP contribution < -0.4 is 11.1 Å². The molecule has 0 radical (unpaired) electrons. The maximum Gasteiger partial charge on any atom is 0.237 e. The van der Waals surface area contributed by atoms with Crippen molar-refractivity contribution in [2.75, 3.05) is 12.3 Å². The average molecular weight is 204 g/mol. The van der Waals surface area contributed by atoms with Crippen LogP contribution in [0.1, 0.15) is 27.2 Å². The van der Waals surface area contributed by atoms with Crippen LogP contribution in [0.25, 0.3) is 0 Å². The zero-order valence-corrected chi connectivity index (χ0v) is 9.53. The van der Waals surface area contributed by atoms with Gasteiger partial charge in [-0.3, -0.25) is 4.79 Å². The summed E-state index contributed by atoms with van der Waals surface area (Å²) in [4.78, 5) is 11.2. The van der Waals surface area contributed by atoms with Crippen LogP contribution in [0.5, 0.6) is 0 Å². The maximum atomic E-state index is 11.2. The van der Waals surface area contributed by atoms with Crippen molar-refractivity contribution in [1.29, 1.82) is 0 Å². The van der Waals surface area contributed by atoms with E-state index >= 15 is 0 Å². The number of nitrogens with one attached hydrogen (secondary N) is 1. The molecule has 0 rings (SSSR count). The molecule has 0 aromatic carbocycles. The quantitative estimate of drug-likeness (QED) is 0.593. The van der Waals surface area contributed by atoms with Crippen LogP contribution in [0.3, 0.4) is 0 Å². The lowest BCUT2D eigenvalue weighted by Crippen LogP contribution is -2.42. The first-order chi connectivity index (χ1) is 5.87. The van der Waals surface area contributed by atoms with E-state index in [0.29, 0.717) is 12.3 Å². The third kappa shape index (κ3) is 6.90. The van der Waals surface area contributed by atoms with Gasteiger partial charge in [0.25, 0.3) is 0 Å². The third-order valence-corrected chi connectivity index (χ3v) is 2.10. The Bertz CT molecular complexity index is 165. The largest absolute Gasteiger partial charge is 0.355 e. The fourth-order valence-corrected chi connectivity index (χ4v) is 0.941. The minimum Gasteiger partial charge on any atom is -0.355 e. The summed E-state index contributed by atoms with van der Waals surface area (Å²) in [6.45, 7) is 7.09. The second-order valence-electron chi connectivity index (χ2n) is 4.39. The molecule has 0 aromatic heterocycles. The minimum absolute atomic E-state index is 0.112. The summed E-state index contributed by atoms with van der Waals surface area (Å²) < 4.78 is 0. The second-order valence-corrected chi connectivity index (χ2v) is 4.76. The molecule has 0 aliphatic heterocycles. The molecule has 0 aliphatic carbocycles. The van der Waals surface area contributed by atoms with Gasteiger partial charge in [-0.05, 0) is 11.8 Å². The number of hydrogen-bond acceptors (Lipinski definition) is 3. The van der Waals surface area contributed by atoms with Gasteiger partial charge in [-0.25, -0.2) is 0 Å². The van der Waals surface area contributed by atoms with Crippen molar-refractivity contribution in [3.8, 4) is 0 Å². The van der Waals surface area contributed by atoms with Gasteiger partial charge in [0.1, 0.15) is 0 Å². The molecular weight excluding hydrogens is 184 g/mol. The number of nitrogens with two attached hydrogens (primary N) is 1. The number of thiol groups is 1. The van der Waals surface area contributed by atoms with Crippen molar-refractivity contribution in [2.45, 2.75) is 33.2 Å². The normalized spacial score (nSPS) is 13.9. The smallest absolute Gasteiger partial charge is 0.237 e. The summed E-state index contributed by atoms with van der Waals surface area (Å²) in [7, 11) is 0. The van der Waals surface area contributed by atoms with E-state index in [1.54, 1.807) is 0 Å². The van der Waals surface area contributed by atoms with Crippen LogP contribution in [-0.2, 0) is 4.79 Å². The summed E-state index contributed by atoms with van der Waals surface area (Å²) in [5.41, 5.74) is 5.73. The monoisotopic (exact) mass is 204 g/mol. The summed E-state index contributed by atoms with van der Waals surface area (Å²) in [6, 6.07) is -0.483. The highest BCUT2D eigenvalue weighted by Gasteiger charge is 2.13. The SMILES string of the molecule is CC(C)(C)CCNC(=O)C(N)CS. The Balaban J connectivity index is 3.60. The van der Waals surface area contributed by atoms with Gasteiger partial charge in [0, 0.05) is 12.3 Å². The van der Waals surface area contributed by atoms with E-state index in [9.17, 15) is 4.79 Å². The number of amides is 1. The number of carbonyl (C=O) groups excluding carboxylic acids is 1. The van der Waals surface area contributed by atoms with Crippen molar-refractivity contribution < 1.29 is 4.79 Å². The molecule has 13 heavy (non-hydrogen) atoms. The number of rotatable bonds is 4. The Hall–Kier alpha value is -0.220. The van der Waals surface area contributed by atoms with Gasteiger partial charge in [0.05, 0.1) is 6.04 Å². The maximum absolute atomic E-state index is 11.2. The van der Waals surface area contributed by atoms with Crippen LogP contribution in [0.15, 0.2) is 0 Å². The van der Waals surface area contributed by atoms with Gasteiger partial charge in [-0.2, -0.15) is 12.6 Å². The van der Waals surface area contributed by atoms with Gasteiger partial charge in [-0.15, -0.1) is 0 Å². The van der Waals surface area contributed by atoms with E-state index in [-0.39, 0.29) is 11.3 Å². The lowest BCUT2D eigenvalue weighted by atomic mass is 9.92. The zero-order chi connectivity index (χ0) is 10.5. The van der Waals surface area contributed by atoms with Gasteiger partial charge >= 0.3 is 0 Å². The summed E-state index contributed by atoms with van der Waals surface area (Å²) in [5, 5.41) is 2.78. The number of carbonyl (C=O) groups is 1.